The summed E-state index contributed by atoms with van der Waals surface area (Å²) < 4.78 is 2.69. The number of rotatable bonds is 3. The minimum Gasteiger partial charge on any atom is -0.405 e. The molecule has 1 N–H and O–H groups in total. The Kier molecular flexibility index (Phi) is 5.79. The molecule has 8 aromatic rings. The molecule has 10 rings (SSSR count). The normalized spacial score (nSPS) is 12.9. The molecule has 2 nitrogen and oxygen atoms in total. The Bertz CT molecular complexity index is 2500. The Morgan fingerprint density at radius 1 is 0.489 bits per heavy atom. The Morgan fingerprint density at radius 2 is 1.11 bits per heavy atom. The molecule has 0 amide bonds. The van der Waals surface area contributed by atoms with E-state index in [2.05, 4.69) is 169 Å². The predicted molar refractivity (Wildman–Crippen MR) is 203 cm³/mol. The van der Waals surface area contributed by atoms with Crippen LogP contribution < -0.4 is 15.5 Å². The highest BCUT2D eigenvalue weighted by Gasteiger charge is 2.42. The molecule has 7 aromatic carbocycles. The average Bonchev–Trinajstić information content (AvgIpc) is 3.53. The zero-order valence-corrected chi connectivity index (χ0v) is 26.7. The molecule has 0 atom stereocenters. The largest absolute Gasteiger partial charge is 0.414 e. The number of nitrogens with one attached hydrogen (secondary N) is 1. The number of anilines is 3. The van der Waals surface area contributed by atoms with Gasteiger partial charge in [-0.05, 0) is 81.7 Å². The van der Waals surface area contributed by atoms with Gasteiger partial charge in [-0.15, -0.1) is 11.3 Å². The lowest BCUT2D eigenvalue weighted by molar-refractivity contribution is 1.36. The third-order valence-corrected chi connectivity index (χ3v) is 11.3. The van der Waals surface area contributed by atoms with Crippen LogP contribution in [0.25, 0.3) is 64.7 Å². The van der Waals surface area contributed by atoms with Crippen LogP contribution in [0.4, 0.5) is 17.1 Å². The first-order valence-corrected chi connectivity index (χ1v) is 17.0. The standard InChI is InChI=1S/C43H29BN2S/c1-27-11-8-18-34-35-19-10-20-40(43(35)47-42(27)34)46-39-24-22-31(29-14-6-3-7-15-29)26-37(39)33-17-9-16-32-36-25-30(28-12-4-2-5-13-28)21-23-38(36)45-44(46)41(32)33/h2-26,45H,1H3. The summed E-state index contributed by atoms with van der Waals surface area (Å²) in [5.41, 5.74) is 16.3. The molecule has 0 saturated heterocycles. The molecule has 1 aromatic heterocycles. The van der Waals surface area contributed by atoms with Crippen molar-refractivity contribution in [3.05, 3.63) is 157 Å². The maximum atomic E-state index is 4.05. The Hall–Kier alpha value is -5.58. The van der Waals surface area contributed by atoms with E-state index >= 15 is 0 Å². The van der Waals surface area contributed by atoms with Crippen molar-refractivity contribution in [2.75, 3.05) is 10.0 Å². The van der Waals surface area contributed by atoms with Gasteiger partial charge in [0.15, 0.2) is 0 Å². The minimum atomic E-state index is -0.0664. The van der Waals surface area contributed by atoms with Crippen LogP contribution in [0.15, 0.2) is 152 Å². The summed E-state index contributed by atoms with van der Waals surface area (Å²) in [4.78, 5) is 2.57. The smallest absolute Gasteiger partial charge is 0.405 e. The van der Waals surface area contributed by atoms with Crippen LogP contribution in [0.5, 0.6) is 0 Å². The first kappa shape index (κ1) is 26.6. The lowest BCUT2D eigenvalue weighted by Gasteiger charge is -2.42. The molecule has 220 valence electrons. The molecule has 0 aliphatic carbocycles. The van der Waals surface area contributed by atoms with E-state index in [0.29, 0.717) is 0 Å². The van der Waals surface area contributed by atoms with Crippen molar-refractivity contribution in [1.29, 1.82) is 0 Å². The zero-order chi connectivity index (χ0) is 31.1. The molecule has 0 spiro atoms. The van der Waals surface area contributed by atoms with Crippen molar-refractivity contribution in [1.82, 2.24) is 0 Å². The monoisotopic (exact) mass is 616 g/mol. The summed E-state index contributed by atoms with van der Waals surface area (Å²) in [7, 11) is 0. The van der Waals surface area contributed by atoms with E-state index in [1.807, 2.05) is 11.3 Å². The summed E-state index contributed by atoms with van der Waals surface area (Å²) in [6.45, 7) is 2.16. The summed E-state index contributed by atoms with van der Waals surface area (Å²) in [5, 5.41) is 6.70. The lowest BCUT2D eigenvalue weighted by Crippen LogP contribution is -2.57. The van der Waals surface area contributed by atoms with Gasteiger partial charge in [-0.1, -0.05) is 121 Å². The molecule has 0 radical (unpaired) electrons. The Labute approximate surface area is 278 Å². The van der Waals surface area contributed by atoms with E-state index in [4.69, 9.17) is 0 Å². The molecule has 0 saturated carbocycles. The fourth-order valence-electron chi connectivity index (χ4n) is 7.76. The van der Waals surface area contributed by atoms with Crippen LogP contribution in [0.3, 0.4) is 0 Å². The molecule has 47 heavy (non-hydrogen) atoms. The van der Waals surface area contributed by atoms with E-state index in [9.17, 15) is 0 Å². The van der Waals surface area contributed by atoms with Crippen molar-refractivity contribution in [3.8, 4) is 44.5 Å². The quantitative estimate of drug-likeness (QED) is 0.199. The van der Waals surface area contributed by atoms with Crippen molar-refractivity contribution in [3.63, 3.8) is 0 Å². The van der Waals surface area contributed by atoms with Crippen LogP contribution in [0.1, 0.15) is 5.56 Å². The SMILES string of the molecule is Cc1cccc2c1sc1c(N3B4Nc5ccc(-c6ccccc6)cc5-c5cccc(c54)-c4cc(-c5ccccc5)ccc43)cccc12. The van der Waals surface area contributed by atoms with Crippen LogP contribution in [0.2, 0.25) is 0 Å². The number of aryl methyl sites for hydroxylation is 1. The number of fused-ring (bicyclic) bond motifs is 7. The molecule has 4 heteroatoms. The van der Waals surface area contributed by atoms with Crippen molar-refractivity contribution < 1.29 is 0 Å². The van der Waals surface area contributed by atoms with E-state index in [1.54, 1.807) is 0 Å². The van der Waals surface area contributed by atoms with E-state index in [1.165, 1.54) is 87.1 Å². The predicted octanol–water partition coefficient (Wildman–Crippen LogP) is 11.3. The molecule has 0 unspecified atom stereocenters. The molecule has 2 aliphatic heterocycles. The topological polar surface area (TPSA) is 15.3 Å². The molecular formula is C43H29BN2S. The zero-order valence-electron chi connectivity index (χ0n) is 25.9. The van der Waals surface area contributed by atoms with Crippen LogP contribution >= 0.6 is 11.3 Å². The molecular weight excluding hydrogens is 587 g/mol. The van der Waals surface area contributed by atoms with Gasteiger partial charge in [-0.2, -0.15) is 0 Å². The van der Waals surface area contributed by atoms with Gasteiger partial charge in [0.25, 0.3) is 0 Å². The number of hydrogen-bond donors (Lipinski definition) is 1. The Balaban J connectivity index is 1.25. The highest BCUT2D eigenvalue weighted by Crippen LogP contribution is 2.49. The second kappa shape index (κ2) is 10.2. The minimum absolute atomic E-state index is 0.0664. The fourth-order valence-corrected chi connectivity index (χ4v) is 9.04. The maximum absolute atomic E-state index is 4.05. The van der Waals surface area contributed by atoms with Crippen LogP contribution in [-0.2, 0) is 0 Å². The highest BCUT2D eigenvalue weighted by molar-refractivity contribution is 7.26. The summed E-state index contributed by atoms with van der Waals surface area (Å²) >= 11 is 1.92. The van der Waals surface area contributed by atoms with E-state index in [0.717, 1.165) is 5.69 Å². The molecule has 2 aliphatic rings. The van der Waals surface area contributed by atoms with Gasteiger partial charge in [-0.3, -0.25) is 0 Å². The van der Waals surface area contributed by atoms with E-state index < -0.39 is 0 Å². The van der Waals surface area contributed by atoms with Crippen molar-refractivity contribution in [2.45, 2.75) is 6.92 Å². The Morgan fingerprint density at radius 3 is 1.85 bits per heavy atom. The first-order valence-electron chi connectivity index (χ1n) is 16.2. The van der Waals surface area contributed by atoms with Gasteiger partial charge >= 0.3 is 6.98 Å². The number of benzene rings is 7. The second-order valence-electron chi connectivity index (χ2n) is 12.6. The maximum Gasteiger partial charge on any atom is 0.414 e. The van der Waals surface area contributed by atoms with Gasteiger partial charge in [0, 0.05) is 43.7 Å². The van der Waals surface area contributed by atoms with Crippen LogP contribution in [0, 0.1) is 6.92 Å². The third-order valence-electron chi connectivity index (χ3n) is 9.96. The van der Waals surface area contributed by atoms with Gasteiger partial charge in [-0.25, -0.2) is 0 Å². The number of hydrogen-bond acceptors (Lipinski definition) is 3. The number of nitrogens with zero attached hydrogens (tertiary/aromatic N) is 1. The summed E-state index contributed by atoms with van der Waals surface area (Å²) in [6, 6.07) is 55.7. The molecule has 0 bridgehead atoms. The van der Waals surface area contributed by atoms with Gasteiger partial charge in [0.2, 0.25) is 0 Å². The van der Waals surface area contributed by atoms with E-state index in [-0.39, 0.29) is 6.98 Å². The van der Waals surface area contributed by atoms with Crippen molar-refractivity contribution in [2.24, 2.45) is 0 Å². The lowest BCUT2D eigenvalue weighted by atomic mass is 9.55. The van der Waals surface area contributed by atoms with Gasteiger partial charge in [0.1, 0.15) is 0 Å². The molecule has 0 fully saturated rings. The fraction of sp³-hybridized carbons (Fsp3) is 0.0233. The summed E-state index contributed by atoms with van der Waals surface area (Å²) in [5.74, 6) is 0. The third kappa shape index (κ3) is 3.98. The summed E-state index contributed by atoms with van der Waals surface area (Å²) in [6.07, 6.45) is 0. The van der Waals surface area contributed by atoms with Gasteiger partial charge < -0.3 is 10.0 Å². The van der Waals surface area contributed by atoms with Crippen molar-refractivity contribution >= 4 is 61.0 Å². The first-order chi connectivity index (χ1) is 23.2. The average molecular weight is 617 g/mol. The highest BCUT2D eigenvalue weighted by atomic mass is 32.1. The number of thiophene rings is 1. The second-order valence-corrected chi connectivity index (χ2v) is 13.6. The van der Waals surface area contributed by atoms with Crippen LogP contribution in [-0.4, -0.2) is 6.98 Å². The molecule has 3 heterocycles. The van der Waals surface area contributed by atoms with Gasteiger partial charge in [0.05, 0.1) is 4.70 Å².